The molecule has 1 amide bonds. The lowest BCUT2D eigenvalue weighted by Gasteiger charge is -2.32. The first-order valence-electron chi connectivity index (χ1n) is 26.6. The molecule has 8 aromatic rings. The molecule has 0 bridgehead atoms. The second kappa shape index (κ2) is 31.4. The Morgan fingerprint density at radius 2 is 1.07 bits per heavy atom. The Balaban J connectivity index is 0.000000199. The van der Waals surface area contributed by atoms with Gasteiger partial charge in [0.25, 0.3) is 12.4 Å². The zero-order valence-electron chi connectivity index (χ0n) is 48.7. The summed E-state index contributed by atoms with van der Waals surface area (Å²) in [6, 6.07) is 33.2. The summed E-state index contributed by atoms with van der Waals surface area (Å²) in [5.41, 5.74) is 20.5. The number of ether oxygens (including phenoxy) is 1. The van der Waals surface area contributed by atoms with Crippen molar-refractivity contribution in [3.05, 3.63) is 183 Å². The number of aryl methyl sites for hydroxylation is 2. The number of carbonyl (C=O) groups is 2. The van der Waals surface area contributed by atoms with Crippen molar-refractivity contribution in [1.29, 1.82) is 0 Å². The molecule has 0 saturated carbocycles. The third-order valence-corrected chi connectivity index (χ3v) is 14.3. The Bertz CT molecular complexity index is 3360. The van der Waals surface area contributed by atoms with E-state index < -0.39 is 0 Å². The number of nitrogen functional groups attached to an aromatic ring is 2. The number of carbonyl (C=O) groups excluding carboxylic acids is 2. The van der Waals surface area contributed by atoms with Crippen LogP contribution in [-0.4, -0.2) is 73.7 Å². The van der Waals surface area contributed by atoms with Crippen LogP contribution in [0.3, 0.4) is 0 Å². The predicted molar refractivity (Wildman–Crippen MR) is 346 cm³/mol. The number of pyridine rings is 5. The molecule has 0 atom stereocenters. The number of halogens is 4. The number of nitrogens with zero attached hydrogens (tertiary/aromatic N) is 5. The van der Waals surface area contributed by atoms with Gasteiger partial charge in [0.15, 0.2) is 5.75 Å². The Morgan fingerprint density at radius 1 is 0.602 bits per heavy atom. The number of anilines is 6. The van der Waals surface area contributed by atoms with Gasteiger partial charge in [-0.3, -0.25) is 19.6 Å². The van der Waals surface area contributed by atoms with Crippen molar-refractivity contribution < 1.29 is 23.6 Å². The van der Waals surface area contributed by atoms with E-state index in [-0.39, 0.29) is 24.2 Å². The van der Waals surface area contributed by atoms with Crippen molar-refractivity contribution in [2.24, 2.45) is 0 Å². The van der Waals surface area contributed by atoms with Crippen molar-refractivity contribution >= 4 is 110 Å². The summed E-state index contributed by atoms with van der Waals surface area (Å²) in [7, 11) is -0.363. The SMILES string of the molecule is CC(C)Nc1ccc(Cl)c(-c2ccc(N)nc2)c1.CC(C)Nc1ccc(Cl)c(Br)c1.CC1(C)OB(c2ccc(N)nc2)OC1(C)C.Cc1ccncc1C(=O)Nc1ccc(-c2cc(NC(C)C)ccc2Cl)cn1.Cc1ccncc1OC=O. The van der Waals surface area contributed by atoms with Gasteiger partial charge in [-0.15, -0.1) is 0 Å². The topological polar surface area (TPSA) is 226 Å². The highest BCUT2D eigenvalue weighted by Gasteiger charge is 2.51. The molecule has 9 rings (SSSR count). The molecule has 1 fully saturated rings. The van der Waals surface area contributed by atoms with E-state index in [0.29, 0.717) is 63.4 Å². The normalized spacial score (nSPS) is 12.7. The first-order chi connectivity index (χ1) is 39.2. The molecular weight excluding hydrogens is 1180 g/mol. The maximum atomic E-state index is 12.4. The molecule has 83 heavy (non-hydrogen) atoms. The average molecular weight is 1250 g/mol. The fraction of sp³-hybridized carbons (Fsp3) is 0.274. The van der Waals surface area contributed by atoms with Gasteiger partial charge in [0, 0.05) is 115 Å². The molecule has 16 nitrogen and oxygen atoms in total. The molecule has 6 heterocycles. The summed E-state index contributed by atoms with van der Waals surface area (Å²) in [6.07, 6.45) is 11.5. The van der Waals surface area contributed by atoms with Crippen molar-refractivity contribution in [3.63, 3.8) is 0 Å². The summed E-state index contributed by atoms with van der Waals surface area (Å²) in [6.45, 7) is 24.8. The number of benzene rings is 3. The van der Waals surface area contributed by atoms with Gasteiger partial charge in [-0.25, -0.2) is 15.0 Å². The van der Waals surface area contributed by atoms with E-state index in [1.54, 1.807) is 67.5 Å². The van der Waals surface area contributed by atoms with Gasteiger partial charge in [0.05, 0.1) is 28.0 Å². The zero-order chi connectivity index (χ0) is 61.0. The minimum atomic E-state index is -0.363. The van der Waals surface area contributed by atoms with E-state index in [0.717, 1.165) is 65.4 Å². The van der Waals surface area contributed by atoms with Crippen molar-refractivity contribution in [2.45, 2.75) is 112 Å². The van der Waals surface area contributed by atoms with Crippen LogP contribution in [0.25, 0.3) is 22.3 Å². The van der Waals surface area contributed by atoms with Gasteiger partial charge in [-0.1, -0.05) is 40.9 Å². The monoisotopic (exact) mass is 1250 g/mol. The second-order valence-corrected chi connectivity index (χ2v) is 23.0. The lowest BCUT2D eigenvalue weighted by atomic mass is 9.80. The predicted octanol–water partition coefficient (Wildman–Crippen LogP) is 14.8. The van der Waals surface area contributed by atoms with Gasteiger partial charge in [-0.2, -0.15) is 0 Å². The highest BCUT2D eigenvalue weighted by molar-refractivity contribution is 9.10. The molecule has 1 aliphatic rings. The van der Waals surface area contributed by atoms with Crippen LogP contribution in [0.1, 0.15) is 90.7 Å². The van der Waals surface area contributed by atoms with Crippen LogP contribution in [0.2, 0.25) is 15.1 Å². The number of amides is 1. The number of nitrogens with one attached hydrogen (secondary N) is 4. The number of rotatable bonds is 13. The van der Waals surface area contributed by atoms with Crippen LogP contribution >= 0.6 is 50.7 Å². The van der Waals surface area contributed by atoms with E-state index in [1.165, 1.54) is 6.20 Å². The standard InChI is InChI=1S/C21H21ClN4O.C14H16ClN3.C11H17BN2O2.C9H11BrClN.C7H7NO2/c1-13(2)25-16-5-6-19(22)17(10-16)15-4-7-20(24-11-15)26-21(27)18-12-23-9-8-14(18)3;1-9(2)18-11-4-5-13(15)12(7-11)10-3-6-14(16)17-8-10;1-10(2)11(3,4)16-12(15-10)8-5-6-9(13)14-7-8;1-6(2)12-7-3-4-9(11)8(10)5-7;1-6-2-3-8-4-7(6)10-5-9/h4-13,25H,1-3H3,(H,24,26,27);3-9,18H,1-2H3,(H2,16,17);5-7H,1-4H3,(H2,13,14);3-6,12H,1-2H3;2-5H,1H3. The minimum Gasteiger partial charge on any atom is -0.427 e. The minimum absolute atomic E-state index is 0.234. The molecule has 0 spiro atoms. The number of hydrogen-bond acceptors (Lipinski definition) is 15. The molecule has 8 N–H and O–H groups in total. The van der Waals surface area contributed by atoms with Crippen molar-refractivity contribution in [3.8, 4) is 28.0 Å². The summed E-state index contributed by atoms with van der Waals surface area (Å²) in [5.74, 6) is 1.76. The lowest BCUT2D eigenvalue weighted by Crippen LogP contribution is -2.41. The van der Waals surface area contributed by atoms with E-state index in [9.17, 15) is 9.59 Å². The molecule has 3 aromatic carbocycles. The van der Waals surface area contributed by atoms with Gasteiger partial charge in [0.2, 0.25) is 0 Å². The molecule has 0 unspecified atom stereocenters. The zero-order valence-corrected chi connectivity index (χ0v) is 52.5. The van der Waals surface area contributed by atoms with Crippen LogP contribution < -0.4 is 42.9 Å². The summed E-state index contributed by atoms with van der Waals surface area (Å²) >= 11 is 21.8. The maximum absolute atomic E-state index is 12.4. The van der Waals surface area contributed by atoms with Gasteiger partial charge in [0.1, 0.15) is 17.5 Å². The fourth-order valence-electron chi connectivity index (χ4n) is 7.50. The number of hydrogen-bond donors (Lipinski definition) is 6. The summed E-state index contributed by atoms with van der Waals surface area (Å²) in [5, 5.41) is 14.9. The quantitative estimate of drug-likeness (QED) is 0.0466. The second-order valence-electron chi connectivity index (χ2n) is 20.9. The van der Waals surface area contributed by atoms with Crippen LogP contribution in [0.15, 0.2) is 151 Å². The maximum Gasteiger partial charge on any atom is 0.496 e. The molecule has 0 aliphatic carbocycles. The molecular formula is C62H72BBrCl3N11O5. The molecule has 436 valence electrons. The van der Waals surface area contributed by atoms with E-state index in [4.69, 9.17) is 55.6 Å². The Kier molecular flexibility index (Phi) is 25.1. The highest BCUT2D eigenvalue weighted by atomic mass is 79.9. The van der Waals surface area contributed by atoms with Crippen LogP contribution in [0, 0.1) is 13.8 Å². The van der Waals surface area contributed by atoms with E-state index in [2.05, 4.69) is 108 Å². The average Bonchev–Trinajstić information content (AvgIpc) is 3.88. The first-order valence-corrected chi connectivity index (χ1v) is 28.5. The largest absolute Gasteiger partial charge is 0.496 e. The third-order valence-electron chi connectivity index (χ3n) is 12.4. The van der Waals surface area contributed by atoms with Crippen LogP contribution in [0.4, 0.5) is 34.5 Å². The van der Waals surface area contributed by atoms with Crippen molar-refractivity contribution in [1.82, 2.24) is 24.9 Å². The van der Waals surface area contributed by atoms with Gasteiger partial charge in [-0.05, 0) is 207 Å². The Morgan fingerprint density at radius 3 is 1.51 bits per heavy atom. The third kappa shape index (κ3) is 20.8. The van der Waals surface area contributed by atoms with Crippen LogP contribution in [-0.2, 0) is 14.1 Å². The van der Waals surface area contributed by atoms with E-state index >= 15 is 0 Å². The first kappa shape index (κ1) is 66.5. The van der Waals surface area contributed by atoms with Gasteiger partial charge >= 0.3 is 7.12 Å². The number of nitrogens with two attached hydrogens (primary N) is 2. The van der Waals surface area contributed by atoms with Crippen molar-refractivity contribution in [2.75, 3.05) is 32.7 Å². The molecule has 5 aromatic heterocycles. The fourth-order valence-corrected chi connectivity index (χ4v) is 8.45. The smallest absolute Gasteiger partial charge is 0.427 e. The molecule has 1 aliphatic heterocycles. The highest BCUT2D eigenvalue weighted by Crippen LogP contribution is 2.37. The Hall–Kier alpha value is -7.32. The molecule has 21 heteroatoms. The Labute approximate surface area is 511 Å². The number of aromatic nitrogens is 5. The lowest BCUT2D eigenvalue weighted by molar-refractivity contribution is -0.120. The molecule has 1 saturated heterocycles. The van der Waals surface area contributed by atoms with E-state index in [1.807, 2.05) is 114 Å². The molecule has 0 radical (unpaired) electrons. The summed E-state index contributed by atoms with van der Waals surface area (Å²) < 4.78 is 17.3. The van der Waals surface area contributed by atoms with Crippen LogP contribution in [0.5, 0.6) is 5.75 Å². The summed E-state index contributed by atoms with van der Waals surface area (Å²) in [4.78, 5) is 42.5. The van der Waals surface area contributed by atoms with Gasteiger partial charge < -0.3 is 46.8 Å².